The molecule has 4 heteroatoms. The fourth-order valence-corrected chi connectivity index (χ4v) is 2.32. The molecule has 1 aliphatic carbocycles. The molecule has 0 aromatic carbocycles. The Balaban J connectivity index is 2.39. The van der Waals surface area contributed by atoms with Crippen molar-refractivity contribution in [3.8, 4) is 0 Å². The average Bonchev–Trinajstić information content (AvgIpc) is 2.26. The third-order valence-electron chi connectivity index (χ3n) is 3.23. The highest BCUT2D eigenvalue weighted by Crippen LogP contribution is 2.29. The van der Waals surface area contributed by atoms with Crippen molar-refractivity contribution >= 4 is 5.96 Å². The molecule has 1 rings (SSSR count). The molecule has 0 spiro atoms. The Hall–Kier alpha value is -0.770. The van der Waals surface area contributed by atoms with Gasteiger partial charge in [-0.3, -0.25) is 4.99 Å². The fourth-order valence-electron chi connectivity index (χ4n) is 2.32. The number of aliphatic hydroxyl groups excluding tert-OH is 1. The normalized spacial score (nSPS) is 27.1. The monoisotopic (exact) mass is 227 g/mol. The lowest BCUT2D eigenvalue weighted by Crippen LogP contribution is -2.37. The lowest BCUT2D eigenvalue weighted by atomic mass is 9.80. The molecule has 0 bridgehead atoms. The molecule has 0 radical (unpaired) electrons. The minimum absolute atomic E-state index is 0.289. The summed E-state index contributed by atoms with van der Waals surface area (Å²) in [5.41, 5.74) is 5.76. The van der Waals surface area contributed by atoms with E-state index >= 15 is 0 Å². The summed E-state index contributed by atoms with van der Waals surface area (Å²) in [6.45, 7) is 5.12. The van der Waals surface area contributed by atoms with E-state index in [0.29, 0.717) is 23.8 Å². The lowest BCUT2D eigenvalue weighted by molar-refractivity contribution is 0.139. The molecule has 94 valence electrons. The van der Waals surface area contributed by atoms with Gasteiger partial charge in [-0.25, -0.2) is 0 Å². The van der Waals surface area contributed by atoms with E-state index < -0.39 is 0 Å². The molecule has 1 aliphatic rings. The van der Waals surface area contributed by atoms with Crippen LogP contribution < -0.4 is 11.1 Å². The quantitative estimate of drug-likeness (QED) is 0.497. The third-order valence-corrected chi connectivity index (χ3v) is 3.23. The number of hydrogen-bond acceptors (Lipinski definition) is 2. The van der Waals surface area contributed by atoms with E-state index in [-0.39, 0.29) is 6.61 Å². The average molecular weight is 227 g/mol. The topological polar surface area (TPSA) is 70.6 Å². The van der Waals surface area contributed by atoms with Crippen molar-refractivity contribution in [2.24, 2.45) is 22.6 Å². The van der Waals surface area contributed by atoms with Gasteiger partial charge in [0.1, 0.15) is 0 Å². The van der Waals surface area contributed by atoms with Gasteiger partial charge < -0.3 is 16.2 Å². The van der Waals surface area contributed by atoms with Crippen LogP contribution in [0.3, 0.4) is 0 Å². The highest BCUT2D eigenvalue weighted by molar-refractivity contribution is 5.78. The van der Waals surface area contributed by atoms with Crippen LogP contribution in [-0.4, -0.2) is 30.3 Å². The van der Waals surface area contributed by atoms with Crippen molar-refractivity contribution in [2.75, 3.05) is 13.2 Å². The summed E-state index contributed by atoms with van der Waals surface area (Å²) in [6, 6.07) is 0.323. The van der Waals surface area contributed by atoms with Crippen LogP contribution in [0.2, 0.25) is 0 Å². The zero-order valence-electron chi connectivity index (χ0n) is 10.4. The van der Waals surface area contributed by atoms with Crippen molar-refractivity contribution in [2.45, 2.75) is 45.6 Å². The summed E-state index contributed by atoms with van der Waals surface area (Å²) >= 11 is 0. The summed E-state index contributed by atoms with van der Waals surface area (Å²) in [5.74, 6) is 1.45. The van der Waals surface area contributed by atoms with Gasteiger partial charge in [-0.1, -0.05) is 12.8 Å². The van der Waals surface area contributed by atoms with Crippen molar-refractivity contribution < 1.29 is 5.11 Å². The predicted molar refractivity (Wildman–Crippen MR) is 67.3 cm³/mol. The number of rotatable bonds is 4. The van der Waals surface area contributed by atoms with Gasteiger partial charge in [-0.2, -0.15) is 0 Å². The smallest absolute Gasteiger partial charge is 0.188 e. The molecule has 1 saturated carbocycles. The zero-order valence-corrected chi connectivity index (χ0v) is 10.4. The number of aliphatic hydroxyl groups is 1. The second-order valence-electron chi connectivity index (χ2n) is 5.01. The number of nitrogens with one attached hydrogen (secondary N) is 1. The van der Waals surface area contributed by atoms with E-state index in [1.165, 1.54) is 19.3 Å². The lowest BCUT2D eigenvalue weighted by Gasteiger charge is -2.29. The molecule has 4 nitrogen and oxygen atoms in total. The van der Waals surface area contributed by atoms with Gasteiger partial charge in [-0.05, 0) is 38.5 Å². The Bertz CT molecular complexity index is 228. The molecular formula is C12H25N3O. The summed E-state index contributed by atoms with van der Waals surface area (Å²) in [7, 11) is 0. The molecule has 0 heterocycles. The van der Waals surface area contributed by atoms with Crippen LogP contribution in [0.4, 0.5) is 0 Å². The van der Waals surface area contributed by atoms with Gasteiger partial charge in [-0.15, -0.1) is 0 Å². The van der Waals surface area contributed by atoms with Crippen LogP contribution in [-0.2, 0) is 0 Å². The van der Waals surface area contributed by atoms with E-state index in [2.05, 4.69) is 10.3 Å². The second kappa shape index (κ2) is 6.74. The molecule has 16 heavy (non-hydrogen) atoms. The van der Waals surface area contributed by atoms with E-state index in [1.54, 1.807) is 0 Å². The fraction of sp³-hybridized carbons (Fsp3) is 0.917. The molecule has 0 aliphatic heterocycles. The number of nitrogens with zero attached hydrogens (tertiary/aromatic N) is 1. The van der Waals surface area contributed by atoms with Gasteiger partial charge in [0.25, 0.3) is 0 Å². The van der Waals surface area contributed by atoms with Crippen LogP contribution in [0.1, 0.15) is 39.5 Å². The Kier molecular flexibility index (Phi) is 5.60. The highest BCUT2D eigenvalue weighted by Gasteiger charge is 2.23. The Labute approximate surface area is 98.3 Å². The minimum atomic E-state index is 0.289. The Morgan fingerprint density at radius 2 is 2.00 bits per heavy atom. The molecule has 2 atom stereocenters. The summed E-state index contributed by atoms with van der Waals surface area (Å²) < 4.78 is 0. The molecule has 4 N–H and O–H groups in total. The molecular weight excluding hydrogens is 202 g/mol. The van der Waals surface area contributed by atoms with Gasteiger partial charge in [0.05, 0.1) is 0 Å². The van der Waals surface area contributed by atoms with E-state index in [9.17, 15) is 5.11 Å². The molecule has 2 unspecified atom stereocenters. The minimum Gasteiger partial charge on any atom is -0.396 e. The number of guanidine groups is 1. The van der Waals surface area contributed by atoms with Gasteiger partial charge in [0.15, 0.2) is 5.96 Å². The highest BCUT2D eigenvalue weighted by atomic mass is 16.3. The number of nitrogens with two attached hydrogens (primary N) is 1. The van der Waals surface area contributed by atoms with E-state index in [4.69, 9.17) is 5.73 Å². The van der Waals surface area contributed by atoms with Crippen molar-refractivity contribution in [1.82, 2.24) is 5.32 Å². The first kappa shape index (κ1) is 13.3. The Morgan fingerprint density at radius 3 is 2.56 bits per heavy atom. The van der Waals surface area contributed by atoms with Crippen LogP contribution in [0.15, 0.2) is 4.99 Å². The number of aliphatic imine (C=N–C) groups is 1. The molecule has 0 aromatic rings. The van der Waals surface area contributed by atoms with Crippen molar-refractivity contribution in [3.63, 3.8) is 0 Å². The zero-order chi connectivity index (χ0) is 12.0. The molecule has 0 saturated heterocycles. The van der Waals surface area contributed by atoms with Crippen molar-refractivity contribution in [1.29, 1.82) is 0 Å². The maximum Gasteiger partial charge on any atom is 0.188 e. The summed E-state index contributed by atoms with van der Waals surface area (Å²) in [5, 5.41) is 12.4. The predicted octanol–water partition coefficient (Wildman–Crippen LogP) is 1.10. The standard InChI is InChI=1S/C12H25N3O/c1-9(2)15-12(13)14-7-10-5-3-4-6-11(10)8-16/h9-11,16H,3-8H2,1-2H3,(H3,13,14,15). The largest absolute Gasteiger partial charge is 0.396 e. The molecule has 0 amide bonds. The summed E-state index contributed by atoms with van der Waals surface area (Å²) in [6.07, 6.45) is 4.80. The van der Waals surface area contributed by atoms with Gasteiger partial charge >= 0.3 is 0 Å². The molecule has 0 aromatic heterocycles. The van der Waals surface area contributed by atoms with Crippen LogP contribution in [0, 0.1) is 11.8 Å². The summed E-state index contributed by atoms with van der Waals surface area (Å²) in [4.78, 5) is 4.36. The first-order chi connectivity index (χ1) is 7.63. The van der Waals surface area contributed by atoms with Crippen LogP contribution in [0.25, 0.3) is 0 Å². The van der Waals surface area contributed by atoms with Gasteiger partial charge in [0.2, 0.25) is 0 Å². The SMILES string of the molecule is CC(C)NC(N)=NCC1CCCCC1CO. The van der Waals surface area contributed by atoms with Gasteiger partial charge in [0, 0.05) is 19.2 Å². The van der Waals surface area contributed by atoms with Crippen LogP contribution in [0.5, 0.6) is 0 Å². The maximum atomic E-state index is 9.28. The van der Waals surface area contributed by atoms with E-state index in [0.717, 1.165) is 13.0 Å². The number of hydrogen-bond donors (Lipinski definition) is 3. The van der Waals surface area contributed by atoms with Crippen LogP contribution >= 0.6 is 0 Å². The first-order valence-corrected chi connectivity index (χ1v) is 6.30. The maximum absolute atomic E-state index is 9.28. The molecule has 1 fully saturated rings. The van der Waals surface area contributed by atoms with Crippen molar-refractivity contribution in [3.05, 3.63) is 0 Å². The third kappa shape index (κ3) is 4.39. The van der Waals surface area contributed by atoms with E-state index in [1.807, 2.05) is 13.8 Å². The Morgan fingerprint density at radius 1 is 1.38 bits per heavy atom. The second-order valence-corrected chi connectivity index (χ2v) is 5.01. The first-order valence-electron chi connectivity index (χ1n) is 6.30.